The maximum Gasteiger partial charge on any atom is 0.153 e. The third kappa shape index (κ3) is 1.81. The molecule has 19 heavy (non-hydrogen) atoms. The van der Waals surface area contributed by atoms with Gasteiger partial charge in [-0.05, 0) is 31.2 Å². The molecule has 0 aliphatic heterocycles. The third-order valence-electron chi connectivity index (χ3n) is 2.93. The van der Waals surface area contributed by atoms with Gasteiger partial charge in [-0.25, -0.2) is 4.68 Å². The largest absolute Gasteiger partial charge is 0.463 e. The van der Waals surface area contributed by atoms with Crippen LogP contribution >= 0.6 is 0 Å². The summed E-state index contributed by atoms with van der Waals surface area (Å²) in [5.41, 5.74) is 2.83. The molecule has 4 nitrogen and oxygen atoms in total. The van der Waals surface area contributed by atoms with Gasteiger partial charge in [0, 0.05) is 0 Å². The molecule has 0 radical (unpaired) electrons. The Kier molecular flexibility index (Phi) is 2.66. The van der Waals surface area contributed by atoms with Crippen LogP contribution in [0.5, 0.6) is 0 Å². The smallest absolute Gasteiger partial charge is 0.153 e. The van der Waals surface area contributed by atoms with Crippen LogP contribution in [0.1, 0.15) is 11.3 Å². The van der Waals surface area contributed by atoms with E-state index in [4.69, 9.17) is 4.42 Å². The van der Waals surface area contributed by atoms with E-state index in [1.807, 2.05) is 43.3 Å². The van der Waals surface area contributed by atoms with Crippen LogP contribution in [-0.4, -0.2) is 9.78 Å². The van der Waals surface area contributed by atoms with E-state index in [0.29, 0.717) is 22.7 Å². The van der Waals surface area contributed by atoms with Gasteiger partial charge in [0.1, 0.15) is 17.3 Å². The summed E-state index contributed by atoms with van der Waals surface area (Å²) in [6.07, 6.45) is 1.59. The maximum atomic E-state index is 9.31. The lowest BCUT2D eigenvalue weighted by molar-refractivity contribution is 0.576. The van der Waals surface area contributed by atoms with Gasteiger partial charge in [-0.2, -0.15) is 10.4 Å². The number of hydrogen-bond donors (Lipinski definition) is 0. The Morgan fingerprint density at radius 1 is 1.16 bits per heavy atom. The molecule has 3 rings (SSSR count). The molecule has 0 amide bonds. The van der Waals surface area contributed by atoms with Crippen LogP contribution in [0, 0.1) is 18.3 Å². The number of aromatic nitrogens is 2. The van der Waals surface area contributed by atoms with Crippen molar-refractivity contribution in [2.45, 2.75) is 6.92 Å². The van der Waals surface area contributed by atoms with Crippen molar-refractivity contribution >= 4 is 0 Å². The number of aryl methyl sites for hydroxylation is 1. The molecule has 3 aromatic rings. The fourth-order valence-corrected chi connectivity index (χ4v) is 2.06. The van der Waals surface area contributed by atoms with Crippen LogP contribution in [0.15, 0.2) is 53.1 Å². The summed E-state index contributed by atoms with van der Waals surface area (Å²) in [6.45, 7) is 1.82. The van der Waals surface area contributed by atoms with Crippen molar-refractivity contribution in [3.63, 3.8) is 0 Å². The molecular formula is C15H11N3O. The van der Waals surface area contributed by atoms with Crippen molar-refractivity contribution in [2.75, 3.05) is 0 Å². The van der Waals surface area contributed by atoms with E-state index in [1.165, 1.54) is 0 Å². The molecule has 0 aliphatic rings. The normalized spacial score (nSPS) is 10.3. The summed E-state index contributed by atoms with van der Waals surface area (Å²) in [4.78, 5) is 0. The average Bonchev–Trinajstić information content (AvgIpc) is 3.06. The Morgan fingerprint density at radius 3 is 2.58 bits per heavy atom. The summed E-state index contributed by atoms with van der Waals surface area (Å²) in [7, 11) is 0. The molecular weight excluding hydrogens is 238 g/mol. The first-order valence-electron chi connectivity index (χ1n) is 5.90. The summed E-state index contributed by atoms with van der Waals surface area (Å²) in [6, 6.07) is 15.5. The predicted molar refractivity (Wildman–Crippen MR) is 70.7 cm³/mol. The molecule has 2 aromatic heterocycles. The highest BCUT2D eigenvalue weighted by atomic mass is 16.3. The first-order valence-corrected chi connectivity index (χ1v) is 5.90. The lowest BCUT2D eigenvalue weighted by Crippen LogP contribution is -1.98. The summed E-state index contributed by atoms with van der Waals surface area (Å²) >= 11 is 0. The second-order valence-corrected chi connectivity index (χ2v) is 4.15. The molecule has 92 valence electrons. The number of hydrogen-bond acceptors (Lipinski definition) is 3. The molecule has 0 spiro atoms. The number of nitrogens with zero attached hydrogens (tertiary/aromatic N) is 3. The first kappa shape index (κ1) is 11.3. The highest BCUT2D eigenvalue weighted by Gasteiger charge is 2.19. The van der Waals surface area contributed by atoms with Gasteiger partial charge in [-0.3, -0.25) is 0 Å². The number of benzene rings is 1. The van der Waals surface area contributed by atoms with Gasteiger partial charge in [0.2, 0.25) is 0 Å². The number of furan rings is 1. The minimum atomic E-state index is 0.541. The maximum absolute atomic E-state index is 9.31. The van der Waals surface area contributed by atoms with Gasteiger partial charge in [0.05, 0.1) is 17.6 Å². The second-order valence-electron chi connectivity index (χ2n) is 4.15. The van der Waals surface area contributed by atoms with E-state index >= 15 is 0 Å². The number of rotatable bonds is 2. The average molecular weight is 249 g/mol. The van der Waals surface area contributed by atoms with Crippen LogP contribution in [0.4, 0.5) is 0 Å². The Bertz CT molecular complexity index is 734. The highest BCUT2D eigenvalue weighted by Crippen LogP contribution is 2.28. The predicted octanol–water partition coefficient (Wildman–Crippen LogP) is 3.31. The van der Waals surface area contributed by atoms with Gasteiger partial charge in [0.15, 0.2) is 5.76 Å². The van der Waals surface area contributed by atoms with Gasteiger partial charge < -0.3 is 4.42 Å². The highest BCUT2D eigenvalue weighted by molar-refractivity contribution is 5.66. The van der Waals surface area contributed by atoms with Crippen molar-refractivity contribution < 1.29 is 4.42 Å². The Labute approximate surface area is 110 Å². The molecule has 2 heterocycles. The van der Waals surface area contributed by atoms with E-state index < -0.39 is 0 Å². The number of para-hydroxylation sites is 1. The Hall–Kier alpha value is -2.80. The minimum absolute atomic E-state index is 0.541. The zero-order valence-electron chi connectivity index (χ0n) is 10.4. The van der Waals surface area contributed by atoms with E-state index in [-0.39, 0.29) is 0 Å². The van der Waals surface area contributed by atoms with Gasteiger partial charge >= 0.3 is 0 Å². The van der Waals surface area contributed by atoms with Crippen molar-refractivity contribution in [1.82, 2.24) is 9.78 Å². The summed E-state index contributed by atoms with van der Waals surface area (Å²) < 4.78 is 7.17. The quantitative estimate of drug-likeness (QED) is 0.700. The van der Waals surface area contributed by atoms with Crippen molar-refractivity contribution in [2.24, 2.45) is 0 Å². The lowest BCUT2D eigenvalue weighted by Gasteiger charge is -2.05. The van der Waals surface area contributed by atoms with Crippen LogP contribution < -0.4 is 0 Å². The third-order valence-corrected chi connectivity index (χ3v) is 2.93. The molecule has 0 N–H and O–H groups in total. The monoisotopic (exact) mass is 249 g/mol. The molecule has 0 bridgehead atoms. The SMILES string of the molecule is Cc1nn(-c2ccccc2)c(-c2ccco2)c1C#N. The van der Waals surface area contributed by atoms with E-state index in [9.17, 15) is 5.26 Å². The van der Waals surface area contributed by atoms with Crippen molar-refractivity contribution in [3.8, 4) is 23.2 Å². The summed E-state index contributed by atoms with van der Waals surface area (Å²) in [5, 5.41) is 13.8. The van der Waals surface area contributed by atoms with Crippen molar-refractivity contribution in [3.05, 3.63) is 60.0 Å². The molecule has 0 aliphatic carbocycles. The van der Waals surface area contributed by atoms with Crippen molar-refractivity contribution in [1.29, 1.82) is 5.26 Å². The Morgan fingerprint density at radius 2 is 1.95 bits per heavy atom. The minimum Gasteiger partial charge on any atom is -0.463 e. The molecule has 0 atom stereocenters. The van der Waals surface area contributed by atoms with Gasteiger partial charge in [-0.15, -0.1) is 0 Å². The van der Waals surface area contributed by atoms with Gasteiger partial charge in [0.25, 0.3) is 0 Å². The number of nitriles is 1. The molecule has 0 saturated heterocycles. The fraction of sp³-hybridized carbons (Fsp3) is 0.0667. The molecule has 1 aromatic carbocycles. The second kappa shape index (κ2) is 4.46. The zero-order chi connectivity index (χ0) is 13.2. The molecule has 0 saturated carbocycles. The molecule has 0 fully saturated rings. The van der Waals surface area contributed by atoms with E-state index in [0.717, 1.165) is 5.69 Å². The first-order chi connectivity index (χ1) is 9.31. The van der Waals surface area contributed by atoms with Crippen LogP contribution in [0.2, 0.25) is 0 Å². The molecule has 0 unspecified atom stereocenters. The van der Waals surface area contributed by atoms with E-state index in [1.54, 1.807) is 17.0 Å². The van der Waals surface area contributed by atoms with Crippen LogP contribution in [0.3, 0.4) is 0 Å². The fourth-order valence-electron chi connectivity index (χ4n) is 2.06. The zero-order valence-corrected chi connectivity index (χ0v) is 10.4. The Balaban J connectivity index is 2.30. The summed E-state index contributed by atoms with van der Waals surface area (Å²) in [5.74, 6) is 0.640. The van der Waals surface area contributed by atoms with Crippen LogP contribution in [-0.2, 0) is 0 Å². The van der Waals surface area contributed by atoms with E-state index in [2.05, 4.69) is 11.2 Å². The topological polar surface area (TPSA) is 54.8 Å². The van der Waals surface area contributed by atoms with Crippen LogP contribution in [0.25, 0.3) is 17.1 Å². The van der Waals surface area contributed by atoms with Gasteiger partial charge in [-0.1, -0.05) is 18.2 Å². The standard InChI is InChI=1S/C15H11N3O/c1-11-13(10-16)15(14-8-5-9-19-14)18(17-11)12-6-3-2-4-7-12/h2-9H,1H3. The molecule has 4 heteroatoms. The lowest BCUT2D eigenvalue weighted by atomic mass is 10.1.